The van der Waals surface area contributed by atoms with Crippen molar-refractivity contribution in [3.63, 3.8) is 0 Å². The van der Waals surface area contributed by atoms with Crippen LogP contribution in [0.25, 0.3) is 11.1 Å². The molecule has 0 saturated carbocycles. The van der Waals surface area contributed by atoms with Gasteiger partial charge in [-0.3, -0.25) is 5.41 Å². The van der Waals surface area contributed by atoms with E-state index < -0.39 is 0 Å². The average Bonchev–Trinajstić information content (AvgIpc) is 2.48. The average molecular weight is 267 g/mol. The van der Waals surface area contributed by atoms with Gasteiger partial charge in [-0.15, -0.1) is 11.8 Å². The topological polar surface area (TPSA) is 52.6 Å². The van der Waals surface area contributed by atoms with Crippen LogP contribution in [0.15, 0.2) is 41.4 Å². The van der Waals surface area contributed by atoms with Crippen LogP contribution in [0.4, 0.5) is 0 Å². The molecule has 0 radical (unpaired) electrons. The van der Waals surface area contributed by atoms with Gasteiger partial charge < -0.3 is 4.57 Å². The Morgan fingerprint density at radius 1 is 1.26 bits per heavy atom. The molecule has 1 aliphatic rings. The van der Waals surface area contributed by atoms with Crippen LogP contribution < -0.4 is 5.49 Å². The minimum absolute atomic E-state index is 0.339. The van der Waals surface area contributed by atoms with Gasteiger partial charge in [0, 0.05) is 17.9 Å². The summed E-state index contributed by atoms with van der Waals surface area (Å²) in [6, 6.07) is 14.1. The van der Waals surface area contributed by atoms with Crippen LogP contribution in [-0.2, 0) is 6.54 Å². The Labute approximate surface area is 116 Å². The number of pyridine rings is 1. The smallest absolute Gasteiger partial charge is 0.144 e. The molecule has 0 atom stereocenters. The fraction of sp³-hybridized carbons (Fsp3) is 0.200. The Balaban J connectivity index is 2.29. The predicted octanol–water partition coefficient (Wildman–Crippen LogP) is 3.00. The molecule has 0 amide bonds. The third kappa shape index (κ3) is 2.06. The summed E-state index contributed by atoms with van der Waals surface area (Å²) in [5.74, 6) is 1.08. The lowest BCUT2D eigenvalue weighted by Gasteiger charge is -2.20. The summed E-state index contributed by atoms with van der Waals surface area (Å²) < 4.78 is 1.94. The first kappa shape index (κ1) is 12.1. The minimum atomic E-state index is 0.339. The van der Waals surface area contributed by atoms with E-state index in [0.717, 1.165) is 34.9 Å². The van der Waals surface area contributed by atoms with Crippen molar-refractivity contribution in [2.24, 2.45) is 0 Å². The van der Waals surface area contributed by atoms with Gasteiger partial charge in [0.05, 0.1) is 5.03 Å². The predicted molar refractivity (Wildman–Crippen MR) is 75.8 cm³/mol. The molecular formula is C15H13N3S. The standard InChI is InChI=1S/C15H13N3S/c16-10-13-12(11-5-2-1-3-6-11)9-14-18(15(13)17)7-4-8-19-14/h1-3,5-6,9,17H,4,7-8H2. The molecule has 2 heterocycles. The van der Waals surface area contributed by atoms with Gasteiger partial charge in [-0.2, -0.15) is 5.26 Å². The van der Waals surface area contributed by atoms with Crippen molar-refractivity contribution in [3.8, 4) is 17.2 Å². The maximum absolute atomic E-state index is 9.37. The molecular weight excluding hydrogens is 254 g/mol. The first-order valence-corrected chi connectivity index (χ1v) is 7.20. The lowest BCUT2D eigenvalue weighted by molar-refractivity contribution is 0.575. The number of benzene rings is 1. The number of aromatic nitrogens is 1. The van der Waals surface area contributed by atoms with E-state index in [-0.39, 0.29) is 0 Å². The zero-order valence-corrected chi connectivity index (χ0v) is 11.2. The van der Waals surface area contributed by atoms with Crippen molar-refractivity contribution < 1.29 is 0 Å². The Bertz CT molecular complexity index is 711. The van der Waals surface area contributed by atoms with Crippen LogP contribution in [0.5, 0.6) is 0 Å². The molecule has 3 nitrogen and oxygen atoms in total. The number of rotatable bonds is 1. The summed E-state index contributed by atoms with van der Waals surface area (Å²) in [6.07, 6.45) is 1.06. The van der Waals surface area contributed by atoms with Gasteiger partial charge >= 0.3 is 0 Å². The summed E-state index contributed by atoms with van der Waals surface area (Å²) in [5, 5.41) is 18.7. The molecule has 1 aromatic heterocycles. The van der Waals surface area contributed by atoms with Crippen molar-refractivity contribution in [2.75, 3.05) is 5.75 Å². The molecule has 0 saturated heterocycles. The van der Waals surface area contributed by atoms with Crippen LogP contribution in [0.2, 0.25) is 0 Å². The van der Waals surface area contributed by atoms with Gasteiger partial charge in [0.25, 0.3) is 0 Å². The van der Waals surface area contributed by atoms with Crippen molar-refractivity contribution >= 4 is 11.8 Å². The summed E-state index contributed by atoms with van der Waals surface area (Å²) in [4.78, 5) is 0. The number of hydrogen-bond donors (Lipinski definition) is 1. The van der Waals surface area contributed by atoms with Gasteiger partial charge in [-0.25, -0.2) is 0 Å². The molecule has 0 unspecified atom stereocenters. The highest BCUT2D eigenvalue weighted by molar-refractivity contribution is 7.99. The van der Waals surface area contributed by atoms with Crippen molar-refractivity contribution in [1.29, 1.82) is 10.7 Å². The maximum atomic E-state index is 9.37. The van der Waals surface area contributed by atoms with Gasteiger partial charge in [-0.05, 0) is 18.1 Å². The van der Waals surface area contributed by atoms with E-state index in [1.807, 2.05) is 34.9 Å². The second-order valence-corrected chi connectivity index (χ2v) is 5.57. The maximum Gasteiger partial charge on any atom is 0.144 e. The molecule has 3 rings (SSSR count). The molecule has 0 aliphatic carbocycles. The minimum Gasteiger partial charge on any atom is -0.320 e. The molecule has 2 aromatic rings. The van der Waals surface area contributed by atoms with E-state index in [0.29, 0.717) is 11.1 Å². The largest absolute Gasteiger partial charge is 0.320 e. The number of nitrogens with zero attached hydrogens (tertiary/aromatic N) is 2. The fourth-order valence-electron chi connectivity index (χ4n) is 2.35. The number of thioether (sulfide) groups is 1. The molecule has 1 N–H and O–H groups in total. The van der Waals surface area contributed by atoms with Crippen LogP contribution in [0, 0.1) is 16.7 Å². The Morgan fingerprint density at radius 3 is 2.79 bits per heavy atom. The summed E-state index contributed by atoms with van der Waals surface area (Å²) >= 11 is 1.76. The third-order valence-electron chi connectivity index (χ3n) is 3.28. The summed E-state index contributed by atoms with van der Waals surface area (Å²) in [7, 11) is 0. The highest BCUT2D eigenvalue weighted by Gasteiger charge is 2.16. The van der Waals surface area contributed by atoms with Gasteiger partial charge in [-0.1, -0.05) is 30.3 Å². The van der Waals surface area contributed by atoms with Gasteiger partial charge in [0.1, 0.15) is 17.1 Å². The van der Waals surface area contributed by atoms with E-state index in [2.05, 4.69) is 12.1 Å². The Kier molecular flexibility index (Phi) is 3.14. The van der Waals surface area contributed by atoms with E-state index in [1.54, 1.807) is 11.8 Å². The van der Waals surface area contributed by atoms with E-state index in [9.17, 15) is 5.26 Å². The highest BCUT2D eigenvalue weighted by atomic mass is 32.2. The number of hydrogen-bond acceptors (Lipinski definition) is 3. The molecule has 19 heavy (non-hydrogen) atoms. The van der Waals surface area contributed by atoms with E-state index >= 15 is 0 Å². The third-order valence-corrected chi connectivity index (χ3v) is 4.41. The SMILES string of the molecule is N#Cc1c(-c2ccccc2)cc2n(c1=N)CCCS2. The molecule has 4 heteroatoms. The van der Waals surface area contributed by atoms with Gasteiger partial charge in [0.2, 0.25) is 0 Å². The van der Waals surface area contributed by atoms with Crippen LogP contribution in [0.3, 0.4) is 0 Å². The van der Waals surface area contributed by atoms with Crippen LogP contribution >= 0.6 is 11.8 Å². The van der Waals surface area contributed by atoms with Crippen molar-refractivity contribution in [3.05, 3.63) is 47.4 Å². The number of nitrogens with one attached hydrogen (secondary N) is 1. The second-order valence-electron chi connectivity index (χ2n) is 4.45. The molecule has 94 valence electrons. The van der Waals surface area contributed by atoms with E-state index in [4.69, 9.17) is 5.41 Å². The highest BCUT2D eigenvalue weighted by Crippen LogP contribution is 2.29. The van der Waals surface area contributed by atoms with Crippen molar-refractivity contribution in [1.82, 2.24) is 4.57 Å². The first-order valence-electron chi connectivity index (χ1n) is 6.22. The zero-order valence-electron chi connectivity index (χ0n) is 10.4. The Morgan fingerprint density at radius 2 is 2.05 bits per heavy atom. The quantitative estimate of drug-likeness (QED) is 0.863. The zero-order chi connectivity index (χ0) is 13.2. The Hall–Kier alpha value is -1.99. The lowest BCUT2D eigenvalue weighted by Crippen LogP contribution is -2.27. The molecule has 0 spiro atoms. The van der Waals surface area contributed by atoms with Crippen LogP contribution in [-0.4, -0.2) is 10.3 Å². The van der Waals surface area contributed by atoms with Gasteiger partial charge in [0.15, 0.2) is 0 Å². The number of fused-ring (bicyclic) bond motifs is 1. The lowest BCUT2D eigenvalue weighted by atomic mass is 10.0. The normalized spacial score (nSPS) is 13.6. The summed E-state index contributed by atoms with van der Waals surface area (Å²) in [6.45, 7) is 0.838. The molecule has 1 aliphatic heterocycles. The molecule has 0 fully saturated rings. The fourth-order valence-corrected chi connectivity index (χ4v) is 3.37. The number of nitriles is 1. The van der Waals surface area contributed by atoms with E-state index in [1.165, 1.54) is 0 Å². The molecule has 1 aromatic carbocycles. The monoisotopic (exact) mass is 267 g/mol. The van der Waals surface area contributed by atoms with Crippen LogP contribution in [0.1, 0.15) is 12.0 Å². The second kappa shape index (κ2) is 4.94. The first-order chi connectivity index (χ1) is 9.31. The molecule has 0 bridgehead atoms. The summed E-state index contributed by atoms with van der Waals surface area (Å²) in [5.41, 5.74) is 2.68. The van der Waals surface area contributed by atoms with Crippen molar-refractivity contribution in [2.45, 2.75) is 18.0 Å².